The van der Waals surface area contributed by atoms with E-state index in [1.165, 1.54) is 12.0 Å². The van der Waals surface area contributed by atoms with Gasteiger partial charge in [0.2, 0.25) is 0 Å². The van der Waals surface area contributed by atoms with Gasteiger partial charge in [-0.05, 0) is 69.3 Å². The van der Waals surface area contributed by atoms with Gasteiger partial charge in [0, 0.05) is 29.7 Å². The lowest BCUT2D eigenvalue weighted by molar-refractivity contribution is 0.0948. The number of amides is 1. The van der Waals surface area contributed by atoms with E-state index in [0.29, 0.717) is 12.1 Å². The molecule has 0 saturated heterocycles. The smallest absolute Gasteiger partial charge is 0.251 e. The molecule has 1 aliphatic rings. The highest BCUT2D eigenvalue weighted by molar-refractivity contribution is 6.36. The number of aromatic nitrogens is 1. The SMILES string of the molecule is CCCN(CCC)CCNC(=O)c1ccc2c(Cl)c3c(nc2c1)CCCC3. The molecule has 0 aliphatic heterocycles. The van der Waals surface area contributed by atoms with E-state index >= 15 is 0 Å². The predicted octanol–water partition coefficient (Wildman–Crippen LogP) is 4.62. The number of rotatable bonds is 8. The van der Waals surface area contributed by atoms with Gasteiger partial charge in [-0.15, -0.1) is 0 Å². The molecule has 1 aromatic heterocycles. The van der Waals surface area contributed by atoms with Gasteiger partial charge < -0.3 is 10.2 Å². The fraction of sp³-hybridized carbons (Fsp3) is 0.545. The zero-order chi connectivity index (χ0) is 19.2. The number of fused-ring (bicyclic) bond motifs is 2. The molecule has 0 unspecified atom stereocenters. The molecular formula is C22H30ClN3O. The summed E-state index contributed by atoms with van der Waals surface area (Å²) in [6.45, 7) is 8.08. The van der Waals surface area contributed by atoms with Crippen LogP contribution in [-0.4, -0.2) is 42.0 Å². The lowest BCUT2D eigenvalue weighted by Gasteiger charge is -2.21. The fourth-order valence-corrected chi connectivity index (χ4v) is 4.27. The zero-order valence-electron chi connectivity index (χ0n) is 16.5. The zero-order valence-corrected chi connectivity index (χ0v) is 17.2. The molecule has 0 bridgehead atoms. The summed E-state index contributed by atoms with van der Waals surface area (Å²) in [7, 11) is 0. The van der Waals surface area contributed by atoms with Crippen LogP contribution in [0.15, 0.2) is 18.2 Å². The van der Waals surface area contributed by atoms with Gasteiger partial charge in [-0.3, -0.25) is 9.78 Å². The Morgan fingerprint density at radius 2 is 1.89 bits per heavy atom. The van der Waals surface area contributed by atoms with Gasteiger partial charge in [-0.1, -0.05) is 31.5 Å². The molecule has 0 radical (unpaired) electrons. The van der Waals surface area contributed by atoms with Crippen molar-refractivity contribution in [3.8, 4) is 0 Å². The van der Waals surface area contributed by atoms with Crippen molar-refractivity contribution in [2.24, 2.45) is 0 Å². The van der Waals surface area contributed by atoms with E-state index in [4.69, 9.17) is 16.6 Å². The minimum absolute atomic E-state index is 0.0412. The van der Waals surface area contributed by atoms with Crippen molar-refractivity contribution in [1.29, 1.82) is 0 Å². The standard InChI is InChI=1S/C22H30ClN3O/c1-3-12-26(13-4-2)14-11-24-22(27)16-9-10-18-20(15-16)25-19-8-6-5-7-17(19)21(18)23/h9-10,15H,3-8,11-14H2,1-2H3,(H,24,27). The van der Waals surface area contributed by atoms with Crippen molar-refractivity contribution >= 4 is 28.4 Å². The first kappa shape index (κ1) is 20.1. The van der Waals surface area contributed by atoms with E-state index in [1.807, 2.05) is 18.2 Å². The van der Waals surface area contributed by atoms with Gasteiger partial charge in [-0.25, -0.2) is 0 Å². The minimum Gasteiger partial charge on any atom is -0.351 e. The lowest BCUT2D eigenvalue weighted by Crippen LogP contribution is -2.35. The molecular weight excluding hydrogens is 358 g/mol. The first-order valence-electron chi connectivity index (χ1n) is 10.3. The van der Waals surface area contributed by atoms with E-state index in [0.717, 1.165) is 73.4 Å². The van der Waals surface area contributed by atoms with Crippen molar-refractivity contribution in [3.05, 3.63) is 40.0 Å². The second-order valence-corrected chi connectivity index (χ2v) is 7.77. The van der Waals surface area contributed by atoms with E-state index in [9.17, 15) is 4.79 Å². The number of aryl methyl sites for hydroxylation is 1. The van der Waals surface area contributed by atoms with Crippen molar-refractivity contribution in [1.82, 2.24) is 15.2 Å². The summed E-state index contributed by atoms with van der Waals surface area (Å²) in [6.07, 6.45) is 6.59. The molecule has 4 nitrogen and oxygen atoms in total. The number of halogens is 1. The Bertz CT molecular complexity index is 800. The molecule has 27 heavy (non-hydrogen) atoms. The van der Waals surface area contributed by atoms with Gasteiger partial charge in [0.05, 0.1) is 10.5 Å². The maximum atomic E-state index is 12.6. The molecule has 0 saturated carbocycles. The fourth-order valence-electron chi connectivity index (χ4n) is 3.91. The van der Waals surface area contributed by atoms with Gasteiger partial charge in [0.15, 0.2) is 0 Å². The summed E-state index contributed by atoms with van der Waals surface area (Å²) in [5, 5.41) is 4.81. The molecule has 1 N–H and O–H groups in total. The first-order chi connectivity index (χ1) is 13.1. The molecule has 0 atom stereocenters. The summed E-state index contributed by atoms with van der Waals surface area (Å²) < 4.78 is 0. The topological polar surface area (TPSA) is 45.2 Å². The third kappa shape index (κ3) is 4.80. The second kappa shape index (κ2) is 9.52. The Hall–Kier alpha value is -1.65. The summed E-state index contributed by atoms with van der Waals surface area (Å²) >= 11 is 6.62. The van der Waals surface area contributed by atoms with Crippen LogP contribution in [0.5, 0.6) is 0 Å². The lowest BCUT2D eigenvalue weighted by atomic mass is 9.94. The first-order valence-corrected chi connectivity index (χ1v) is 10.6. The minimum atomic E-state index is -0.0412. The quantitative estimate of drug-likeness (QED) is 0.718. The highest BCUT2D eigenvalue weighted by Gasteiger charge is 2.18. The van der Waals surface area contributed by atoms with Crippen molar-refractivity contribution in [2.45, 2.75) is 52.4 Å². The van der Waals surface area contributed by atoms with Crippen LogP contribution < -0.4 is 5.32 Å². The highest BCUT2D eigenvalue weighted by Crippen LogP contribution is 2.33. The number of carbonyl (C=O) groups is 1. The number of nitrogens with one attached hydrogen (secondary N) is 1. The summed E-state index contributed by atoms with van der Waals surface area (Å²) in [5.41, 5.74) is 3.77. The Labute approximate surface area is 167 Å². The Morgan fingerprint density at radius 1 is 1.15 bits per heavy atom. The van der Waals surface area contributed by atoms with Crippen LogP contribution in [0.3, 0.4) is 0 Å². The van der Waals surface area contributed by atoms with E-state index < -0.39 is 0 Å². The number of carbonyl (C=O) groups excluding carboxylic acids is 1. The summed E-state index contributed by atoms with van der Waals surface area (Å²) in [6, 6.07) is 5.67. The third-order valence-electron chi connectivity index (χ3n) is 5.25. The number of hydrogen-bond acceptors (Lipinski definition) is 3. The molecule has 5 heteroatoms. The molecule has 1 amide bonds. The molecule has 0 spiro atoms. The van der Waals surface area contributed by atoms with Crippen LogP contribution in [0.25, 0.3) is 10.9 Å². The molecule has 1 heterocycles. The Balaban J connectivity index is 1.70. The molecule has 1 aromatic carbocycles. The molecule has 1 aliphatic carbocycles. The van der Waals surface area contributed by atoms with Gasteiger partial charge >= 0.3 is 0 Å². The van der Waals surface area contributed by atoms with Gasteiger partial charge in [-0.2, -0.15) is 0 Å². The van der Waals surface area contributed by atoms with E-state index in [-0.39, 0.29) is 5.91 Å². The number of pyridine rings is 1. The molecule has 146 valence electrons. The second-order valence-electron chi connectivity index (χ2n) is 7.39. The largest absolute Gasteiger partial charge is 0.351 e. The molecule has 0 fully saturated rings. The summed E-state index contributed by atoms with van der Waals surface area (Å²) in [5.74, 6) is -0.0412. The maximum absolute atomic E-state index is 12.6. The van der Waals surface area contributed by atoms with Gasteiger partial charge in [0.1, 0.15) is 0 Å². The monoisotopic (exact) mass is 387 g/mol. The van der Waals surface area contributed by atoms with Crippen LogP contribution in [0, 0.1) is 0 Å². The Morgan fingerprint density at radius 3 is 2.63 bits per heavy atom. The number of nitrogens with zero attached hydrogens (tertiary/aromatic N) is 2. The predicted molar refractivity (Wildman–Crippen MR) is 113 cm³/mol. The number of benzene rings is 1. The van der Waals surface area contributed by atoms with Gasteiger partial charge in [0.25, 0.3) is 5.91 Å². The highest BCUT2D eigenvalue weighted by atomic mass is 35.5. The molecule has 2 aromatic rings. The third-order valence-corrected chi connectivity index (χ3v) is 5.68. The van der Waals surface area contributed by atoms with E-state index in [2.05, 4.69) is 24.1 Å². The van der Waals surface area contributed by atoms with Crippen molar-refractivity contribution in [2.75, 3.05) is 26.2 Å². The van der Waals surface area contributed by atoms with E-state index in [1.54, 1.807) is 0 Å². The van der Waals surface area contributed by atoms with Crippen LogP contribution >= 0.6 is 11.6 Å². The van der Waals surface area contributed by atoms with Crippen LogP contribution in [-0.2, 0) is 12.8 Å². The van der Waals surface area contributed by atoms with Crippen molar-refractivity contribution < 1.29 is 4.79 Å². The average molecular weight is 388 g/mol. The maximum Gasteiger partial charge on any atom is 0.251 e. The average Bonchev–Trinajstić information content (AvgIpc) is 2.68. The van der Waals surface area contributed by atoms with Crippen LogP contribution in [0.2, 0.25) is 5.02 Å². The Kier molecular flexibility index (Phi) is 7.08. The normalized spacial score (nSPS) is 13.8. The van der Waals surface area contributed by atoms with Crippen LogP contribution in [0.1, 0.15) is 61.1 Å². The number of hydrogen-bond donors (Lipinski definition) is 1. The molecule has 3 rings (SSSR count). The van der Waals surface area contributed by atoms with Crippen molar-refractivity contribution in [3.63, 3.8) is 0 Å². The van der Waals surface area contributed by atoms with Crippen LogP contribution in [0.4, 0.5) is 0 Å². The summed E-state index contributed by atoms with van der Waals surface area (Å²) in [4.78, 5) is 19.8.